The summed E-state index contributed by atoms with van der Waals surface area (Å²) in [7, 11) is 0. The van der Waals surface area contributed by atoms with Crippen LogP contribution in [0.4, 0.5) is 13.2 Å². The first-order chi connectivity index (χ1) is 8.31. The van der Waals surface area contributed by atoms with E-state index in [2.05, 4.69) is 9.84 Å². The van der Waals surface area contributed by atoms with E-state index < -0.39 is 18.3 Å². The highest BCUT2D eigenvalue weighted by Crippen LogP contribution is 2.15. The van der Waals surface area contributed by atoms with Crippen molar-refractivity contribution in [1.29, 1.82) is 0 Å². The number of rotatable bonds is 5. The highest BCUT2D eigenvalue weighted by molar-refractivity contribution is 6.41. The van der Waals surface area contributed by atoms with Crippen molar-refractivity contribution < 1.29 is 17.9 Å². The Morgan fingerprint density at radius 3 is 2.67 bits per heavy atom. The van der Waals surface area contributed by atoms with Crippen molar-refractivity contribution in [2.75, 3.05) is 13.2 Å². The second kappa shape index (κ2) is 6.40. The molecule has 0 aliphatic carbocycles. The molecular formula is C9H9Cl2F3N2O2. The van der Waals surface area contributed by atoms with Crippen molar-refractivity contribution in [2.45, 2.75) is 19.1 Å². The molecule has 18 heavy (non-hydrogen) atoms. The van der Waals surface area contributed by atoms with Gasteiger partial charge in [-0.2, -0.15) is 18.3 Å². The molecule has 0 amide bonds. The Balaban J connectivity index is 2.41. The minimum absolute atomic E-state index is 0.0336. The van der Waals surface area contributed by atoms with Gasteiger partial charge in [0.15, 0.2) is 0 Å². The van der Waals surface area contributed by atoms with Crippen LogP contribution in [0.5, 0.6) is 0 Å². The van der Waals surface area contributed by atoms with Crippen molar-refractivity contribution in [1.82, 2.24) is 9.78 Å². The van der Waals surface area contributed by atoms with Crippen LogP contribution in [-0.4, -0.2) is 29.2 Å². The highest BCUT2D eigenvalue weighted by Gasteiger charge is 2.27. The van der Waals surface area contributed by atoms with Crippen LogP contribution >= 0.6 is 23.2 Å². The van der Waals surface area contributed by atoms with E-state index in [1.807, 2.05) is 0 Å². The molecule has 0 saturated carbocycles. The van der Waals surface area contributed by atoms with Gasteiger partial charge in [0.2, 0.25) is 0 Å². The van der Waals surface area contributed by atoms with Gasteiger partial charge < -0.3 is 4.74 Å². The van der Waals surface area contributed by atoms with Crippen LogP contribution in [-0.2, 0) is 11.3 Å². The second-order valence-corrected chi connectivity index (χ2v) is 4.14. The van der Waals surface area contributed by atoms with Crippen LogP contribution < -0.4 is 5.56 Å². The van der Waals surface area contributed by atoms with Crippen molar-refractivity contribution in [3.05, 3.63) is 26.6 Å². The maximum atomic E-state index is 11.7. The third-order valence-electron chi connectivity index (χ3n) is 1.87. The van der Waals surface area contributed by atoms with E-state index in [0.717, 1.165) is 4.68 Å². The zero-order chi connectivity index (χ0) is 13.8. The number of halogens is 5. The van der Waals surface area contributed by atoms with E-state index in [1.54, 1.807) is 0 Å². The molecule has 0 N–H and O–H groups in total. The molecule has 1 aromatic rings. The van der Waals surface area contributed by atoms with Gasteiger partial charge in [0, 0.05) is 13.2 Å². The molecule has 0 saturated heterocycles. The number of hydrogen-bond acceptors (Lipinski definition) is 3. The summed E-state index contributed by atoms with van der Waals surface area (Å²) in [5.74, 6) is 0. The fraction of sp³-hybridized carbons (Fsp3) is 0.556. The molecule has 0 spiro atoms. The minimum Gasteiger partial charge on any atom is -0.372 e. The predicted molar refractivity (Wildman–Crippen MR) is 60.0 cm³/mol. The summed E-state index contributed by atoms with van der Waals surface area (Å²) in [4.78, 5) is 11.5. The predicted octanol–water partition coefficient (Wildman–Crippen LogP) is 2.52. The second-order valence-electron chi connectivity index (χ2n) is 3.36. The summed E-state index contributed by atoms with van der Waals surface area (Å²) in [6.07, 6.45) is -2.94. The summed E-state index contributed by atoms with van der Waals surface area (Å²) >= 11 is 11.2. The topological polar surface area (TPSA) is 44.1 Å². The lowest BCUT2D eigenvalue weighted by atomic mass is 10.4. The highest BCUT2D eigenvalue weighted by atomic mass is 35.5. The summed E-state index contributed by atoms with van der Waals surface area (Å²) in [6, 6.07) is 0. The monoisotopic (exact) mass is 304 g/mol. The average Bonchev–Trinajstić information content (AvgIpc) is 2.27. The SMILES string of the molecule is O=c1c(Cl)c(Cl)cnn1CCCOCC(F)(F)F. The molecule has 9 heteroatoms. The number of aryl methyl sites for hydroxylation is 1. The van der Waals surface area contributed by atoms with E-state index >= 15 is 0 Å². The molecule has 0 unspecified atom stereocenters. The lowest BCUT2D eigenvalue weighted by molar-refractivity contribution is -0.174. The molecule has 1 heterocycles. The maximum absolute atomic E-state index is 11.7. The van der Waals surface area contributed by atoms with Gasteiger partial charge in [0.1, 0.15) is 11.6 Å². The van der Waals surface area contributed by atoms with Crippen LogP contribution in [0, 0.1) is 0 Å². The van der Waals surface area contributed by atoms with Crippen LogP contribution in [0.1, 0.15) is 6.42 Å². The van der Waals surface area contributed by atoms with Crippen molar-refractivity contribution >= 4 is 23.2 Å². The lowest BCUT2D eigenvalue weighted by Crippen LogP contribution is -2.24. The fourth-order valence-corrected chi connectivity index (χ4v) is 1.38. The zero-order valence-electron chi connectivity index (χ0n) is 9.01. The first-order valence-electron chi connectivity index (χ1n) is 4.87. The van der Waals surface area contributed by atoms with E-state index in [-0.39, 0.29) is 29.6 Å². The number of ether oxygens (including phenoxy) is 1. The third kappa shape index (κ3) is 4.83. The molecule has 0 aliphatic rings. The number of hydrogen-bond donors (Lipinski definition) is 0. The molecule has 0 atom stereocenters. The maximum Gasteiger partial charge on any atom is 0.411 e. The van der Waals surface area contributed by atoms with Gasteiger partial charge in [0.25, 0.3) is 5.56 Å². The summed E-state index contributed by atoms with van der Waals surface area (Å²) < 4.78 is 40.6. The Kier molecular flexibility index (Phi) is 5.43. The number of aromatic nitrogens is 2. The number of nitrogens with zero attached hydrogens (tertiary/aromatic N) is 2. The van der Waals surface area contributed by atoms with Crippen LogP contribution in [0.15, 0.2) is 11.0 Å². The molecule has 0 bridgehead atoms. The summed E-state index contributed by atoms with van der Waals surface area (Å²) in [6.45, 7) is -1.34. The van der Waals surface area contributed by atoms with E-state index in [9.17, 15) is 18.0 Å². The summed E-state index contributed by atoms with van der Waals surface area (Å²) in [5.41, 5.74) is -0.583. The molecule has 0 fully saturated rings. The van der Waals surface area contributed by atoms with Crippen LogP contribution in [0.3, 0.4) is 0 Å². The third-order valence-corrected chi connectivity index (χ3v) is 2.62. The van der Waals surface area contributed by atoms with Crippen molar-refractivity contribution in [2.24, 2.45) is 0 Å². The molecule has 0 radical (unpaired) electrons. The molecule has 4 nitrogen and oxygen atoms in total. The quantitative estimate of drug-likeness (QED) is 0.785. The van der Waals surface area contributed by atoms with Gasteiger partial charge in [-0.15, -0.1) is 0 Å². The standard InChI is InChI=1S/C9H9Cl2F3N2O2/c10-6-4-15-16(8(17)7(6)11)2-1-3-18-5-9(12,13)14/h4H,1-3,5H2. The van der Waals surface area contributed by atoms with Gasteiger partial charge in [0.05, 0.1) is 11.2 Å². The van der Waals surface area contributed by atoms with E-state index in [4.69, 9.17) is 23.2 Å². The lowest BCUT2D eigenvalue weighted by Gasteiger charge is -2.08. The Hall–Kier alpha value is -0.790. The summed E-state index contributed by atoms with van der Waals surface area (Å²) in [5, 5.41) is 3.56. The Bertz CT molecular complexity index is 462. The molecule has 1 rings (SSSR count). The largest absolute Gasteiger partial charge is 0.411 e. The normalized spacial score (nSPS) is 11.8. The molecule has 0 aliphatic heterocycles. The first-order valence-corrected chi connectivity index (χ1v) is 5.62. The van der Waals surface area contributed by atoms with Crippen molar-refractivity contribution in [3.8, 4) is 0 Å². The Morgan fingerprint density at radius 1 is 1.39 bits per heavy atom. The zero-order valence-corrected chi connectivity index (χ0v) is 10.5. The van der Waals surface area contributed by atoms with Gasteiger partial charge >= 0.3 is 6.18 Å². The van der Waals surface area contributed by atoms with Gasteiger partial charge in [-0.25, -0.2) is 4.68 Å². The molecule has 102 valence electrons. The smallest absolute Gasteiger partial charge is 0.372 e. The van der Waals surface area contributed by atoms with Crippen LogP contribution in [0.2, 0.25) is 10.0 Å². The molecular weight excluding hydrogens is 296 g/mol. The minimum atomic E-state index is -4.35. The van der Waals surface area contributed by atoms with E-state index in [0.29, 0.717) is 0 Å². The average molecular weight is 305 g/mol. The first kappa shape index (κ1) is 15.3. The van der Waals surface area contributed by atoms with Gasteiger partial charge in [-0.05, 0) is 6.42 Å². The van der Waals surface area contributed by atoms with E-state index in [1.165, 1.54) is 6.20 Å². The molecule has 0 aromatic carbocycles. The molecule has 1 aromatic heterocycles. The van der Waals surface area contributed by atoms with Gasteiger partial charge in [-0.1, -0.05) is 23.2 Å². The Morgan fingerprint density at radius 2 is 2.06 bits per heavy atom. The van der Waals surface area contributed by atoms with Crippen molar-refractivity contribution in [3.63, 3.8) is 0 Å². The Labute approximate surface area is 110 Å². The van der Waals surface area contributed by atoms with Gasteiger partial charge in [-0.3, -0.25) is 4.79 Å². The fourth-order valence-electron chi connectivity index (χ4n) is 1.11. The number of alkyl halides is 3. The van der Waals surface area contributed by atoms with Crippen LogP contribution in [0.25, 0.3) is 0 Å².